The van der Waals surface area contributed by atoms with E-state index >= 15 is 0 Å². The van der Waals surface area contributed by atoms with Crippen molar-refractivity contribution in [1.29, 1.82) is 5.26 Å². The summed E-state index contributed by atoms with van der Waals surface area (Å²) in [6.07, 6.45) is 0.894. The molecule has 0 unspecified atom stereocenters. The highest BCUT2D eigenvalue weighted by Gasteiger charge is 2.30. The minimum absolute atomic E-state index is 0.152. The lowest BCUT2D eigenvalue weighted by Crippen LogP contribution is -2.54. The second kappa shape index (κ2) is 6.73. The van der Waals surface area contributed by atoms with Crippen molar-refractivity contribution in [2.24, 2.45) is 0 Å². The smallest absolute Gasteiger partial charge is 0.205 e. The highest BCUT2D eigenvalue weighted by atomic mass is 32.1. The minimum Gasteiger partial charge on any atom is -0.487 e. The van der Waals surface area contributed by atoms with Crippen LogP contribution in [0.25, 0.3) is 0 Å². The molecule has 1 saturated heterocycles. The number of rotatable bonds is 6. The Morgan fingerprint density at radius 1 is 1.36 bits per heavy atom. The van der Waals surface area contributed by atoms with Crippen molar-refractivity contribution in [3.8, 4) is 11.8 Å². The van der Waals surface area contributed by atoms with Gasteiger partial charge in [0.15, 0.2) is 0 Å². The van der Waals surface area contributed by atoms with Crippen molar-refractivity contribution in [1.82, 2.24) is 9.36 Å². The Labute approximate surface area is 133 Å². The van der Waals surface area contributed by atoms with Gasteiger partial charge in [-0.25, -0.2) is 4.98 Å². The Bertz CT molecular complexity index is 659. The second-order valence-electron chi connectivity index (χ2n) is 5.02. The predicted molar refractivity (Wildman–Crippen MR) is 83.3 cm³/mol. The summed E-state index contributed by atoms with van der Waals surface area (Å²) in [5.74, 6) is 1.63. The number of hydrogen-bond acceptors (Lipinski definition) is 7. The standard InChI is InChI=1S/C15H16N4O2S/c1-20-7-6-14-17-15(22-18-14)19-9-13(10-19)21-12-4-2-11(8-16)3-5-12/h2-5,13H,6-7,9-10H2,1H3. The quantitative estimate of drug-likeness (QED) is 0.810. The van der Waals surface area contributed by atoms with E-state index in [1.165, 1.54) is 11.5 Å². The average Bonchev–Trinajstić information content (AvgIpc) is 2.97. The molecule has 0 bridgehead atoms. The zero-order chi connectivity index (χ0) is 15.4. The van der Waals surface area contributed by atoms with E-state index in [-0.39, 0.29) is 6.10 Å². The summed E-state index contributed by atoms with van der Waals surface area (Å²) >= 11 is 1.41. The fraction of sp³-hybridized carbons (Fsp3) is 0.400. The molecule has 0 N–H and O–H groups in total. The lowest BCUT2D eigenvalue weighted by Gasteiger charge is -2.38. The topological polar surface area (TPSA) is 71.3 Å². The second-order valence-corrected chi connectivity index (χ2v) is 5.75. The maximum atomic E-state index is 8.77. The SMILES string of the molecule is COCCc1nsc(N2CC(Oc3ccc(C#N)cc3)C2)n1. The van der Waals surface area contributed by atoms with E-state index in [1.54, 1.807) is 19.2 Å². The molecule has 0 aliphatic carbocycles. The third-order valence-corrected chi connectivity index (χ3v) is 4.21. The minimum atomic E-state index is 0.152. The molecule has 1 aliphatic heterocycles. The Hall–Kier alpha value is -2.17. The molecular formula is C15H16N4O2S. The molecule has 1 aromatic heterocycles. The highest BCUT2D eigenvalue weighted by molar-refractivity contribution is 7.09. The van der Waals surface area contributed by atoms with Gasteiger partial charge in [-0.15, -0.1) is 0 Å². The van der Waals surface area contributed by atoms with Gasteiger partial charge in [0.2, 0.25) is 5.13 Å². The maximum absolute atomic E-state index is 8.77. The molecule has 2 heterocycles. The van der Waals surface area contributed by atoms with E-state index in [2.05, 4.69) is 20.3 Å². The third kappa shape index (κ3) is 3.35. The van der Waals surface area contributed by atoms with Crippen LogP contribution in [-0.2, 0) is 11.2 Å². The zero-order valence-corrected chi connectivity index (χ0v) is 13.0. The van der Waals surface area contributed by atoms with Crippen molar-refractivity contribution in [2.75, 3.05) is 31.7 Å². The number of aromatic nitrogens is 2. The Morgan fingerprint density at radius 2 is 2.14 bits per heavy atom. The molecule has 0 amide bonds. The molecular weight excluding hydrogens is 300 g/mol. The van der Waals surface area contributed by atoms with Crippen molar-refractivity contribution in [3.05, 3.63) is 35.7 Å². The van der Waals surface area contributed by atoms with Crippen LogP contribution in [0.4, 0.5) is 5.13 Å². The zero-order valence-electron chi connectivity index (χ0n) is 12.2. The van der Waals surface area contributed by atoms with Gasteiger partial charge in [-0.3, -0.25) is 0 Å². The summed E-state index contributed by atoms with van der Waals surface area (Å²) in [6.45, 7) is 2.25. The molecule has 7 heteroatoms. The van der Waals surface area contributed by atoms with E-state index < -0.39 is 0 Å². The molecule has 1 aromatic carbocycles. The molecule has 1 fully saturated rings. The number of methoxy groups -OCH3 is 1. The van der Waals surface area contributed by atoms with E-state index in [0.717, 1.165) is 36.2 Å². The molecule has 0 spiro atoms. The summed E-state index contributed by atoms with van der Waals surface area (Å²) in [6, 6.07) is 9.28. The van der Waals surface area contributed by atoms with Crippen molar-refractivity contribution >= 4 is 16.7 Å². The van der Waals surface area contributed by atoms with Crippen LogP contribution in [0.5, 0.6) is 5.75 Å². The van der Waals surface area contributed by atoms with Crippen molar-refractivity contribution in [3.63, 3.8) is 0 Å². The summed E-state index contributed by atoms with van der Waals surface area (Å²) in [5.41, 5.74) is 0.639. The van der Waals surface area contributed by atoms with E-state index in [0.29, 0.717) is 12.2 Å². The molecule has 22 heavy (non-hydrogen) atoms. The molecule has 2 aromatic rings. The normalized spacial score (nSPS) is 14.5. The lowest BCUT2D eigenvalue weighted by molar-refractivity contribution is 0.167. The molecule has 0 saturated carbocycles. The van der Waals surface area contributed by atoms with Gasteiger partial charge in [0, 0.05) is 25.1 Å². The van der Waals surface area contributed by atoms with Crippen LogP contribution in [0.2, 0.25) is 0 Å². The van der Waals surface area contributed by atoms with E-state index in [1.807, 2.05) is 12.1 Å². The van der Waals surface area contributed by atoms with Crippen LogP contribution in [0, 0.1) is 11.3 Å². The van der Waals surface area contributed by atoms with Crippen molar-refractivity contribution < 1.29 is 9.47 Å². The lowest BCUT2D eigenvalue weighted by atomic mass is 10.2. The number of hydrogen-bond donors (Lipinski definition) is 0. The fourth-order valence-electron chi connectivity index (χ4n) is 2.14. The molecule has 0 radical (unpaired) electrons. The fourth-order valence-corrected chi connectivity index (χ4v) is 2.87. The Morgan fingerprint density at radius 3 is 2.82 bits per heavy atom. The van der Waals surface area contributed by atoms with Gasteiger partial charge in [-0.05, 0) is 24.3 Å². The van der Waals surface area contributed by atoms with E-state index in [9.17, 15) is 0 Å². The van der Waals surface area contributed by atoms with Gasteiger partial charge in [0.1, 0.15) is 17.7 Å². The first kappa shape index (κ1) is 14.8. The highest BCUT2D eigenvalue weighted by Crippen LogP contribution is 2.25. The van der Waals surface area contributed by atoms with Gasteiger partial charge in [-0.1, -0.05) is 0 Å². The predicted octanol–water partition coefficient (Wildman–Crippen LogP) is 1.87. The van der Waals surface area contributed by atoms with E-state index in [4.69, 9.17) is 14.7 Å². The number of ether oxygens (including phenoxy) is 2. The van der Waals surface area contributed by atoms with Gasteiger partial charge in [0.25, 0.3) is 0 Å². The first-order chi connectivity index (χ1) is 10.8. The monoisotopic (exact) mass is 316 g/mol. The van der Waals surface area contributed by atoms with Crippen LogP contribution >= 0.6 is 11.5 Å². The first-order valence-corrected chi connectivity index (χ1v) is 7.79. The molecule has 0 atom stereocenters. The summed E-state index contributed by atoms with van der Waals surface area (Å²) < 4.78 is 15.2. The van der Waals surface area contributed by atoms with Crippen LogP contribution in [0.1, 0.15) is 11.4 Å². The first-order valence-electron chi connectivity index (χ1n) is 7.02. The summed E-state index contributed by atoms with van der Waals surface area (Å²) in [5, 5.41) is 9.70. The Balaban J connectivity index is 1.49. The van der Waals surface area contributed by atoms with Crippen molar-refractivity contribution in [2.45, 2.75) is 12.5 Å². The van der Waals surface area contributed by atoms with Crippen LogP contribution in [-0.4, -0.2) is 42.3 Å². The van der Waals surface area contributed by atoms with Gasteiger partial charge in [0.05, 0.1) is 31.3 Å². The molecule has 1 aliphatic rings. The number of nitriles is 1. The van der Waals surface area contributed by atoms with Crippen LogP contribution in [0.15, 0.2) is 24.3 Å². The van der Waals surface area contributed by atoms with Gasteiger partial charge < -0.3 is 14.4 Å². The Kier molecular flexibility index (Phi) is 4.51. The molecule has 114 valence electrons. The molecule has 3 rings (SSSR count). The van der Waals surface area contributed by atoms with Gasteiger partial charge >= 0.3 is 0 Å². The average molecular weight is 316 g/mol. The summed E-state index contributed by atoms with van der Waals surface area (Å²) in [4.78, 5) is 6.65. The van der Waals surface area contributed by atoms with Crippen LogP contribution < -0.4 is 9.64 Å². The largest absolute Gasteiger partial charge is 0.487 e. The number of benzene rings is 1. The third-order valence-electron chi connectivity index (χ3n) is 3.39. The van der Waals surface area contributed by atoms with Gasteiger partial charge in [-0.2, -0.15) is 9.64 Å². The number of nitrogens with zero attached hydrogens (tertiary/aromatic N) is 4. The summed E-state index contributed by atoms with van der Waals surface area (Å²) in [7, 11) is 1.67. The molecule has 6 nitrogen and oxygen atoms in total. The van der Waals surface area contributed by atoms with Crippen LogP contribution in [0.3, 0.4) is 0 Å². The number of anilines is 1. The maximum Gasteiger partial charge on any atom is 0.205 e.